The molecule has 152 valence electrons. The van der Waals surface area contributed by atoms with Crippen LogP contribution in [0.5, 0.6) is 0 Å². The highest BCUT2D eigenvalue weighted by atomic mass is 35.5. The fourth-order valence-electron chi connectivity index (χ4n) is 3.03. The molecule has 2 aromatic rings. The highest BCUT2D eigenvalue weighted by Crippen LogP contribution is 2.50. The Balaban J connectivity index is 2.11. The van der Waals surface area contributed by atoms with Crippen LogP contribution in [-0.2, 0) is 10.3 Å². The molecule has 0 fully saturated rings. The number of aliphatic imine (C=N–C) groups is 1. The highest BCUT2D eigenvalue weighted by Gasteiger charge is 2.63. The molecule has 0 radical (unpaired) electrons. The van der Waals surface area contributed by atoms with Gasteiger partial charge in [-0.25, -0.2) is 23.1 Å². The zero-order valence-electron chi connectivity index (χ0n) is 15.9. The summed E-state index contributed by atoms with van der Waals surface area (Å²) in [6.45, 7) is 3.29. The molecule has 2 heterocycles. The lowest BCUT2D eigenvalue weighted by atomic mass is 9.77. The normalized spacial score (nSPS) is 22.8. The molecule has 1 atom stereocenters. The summed E-state index contributed by atoms with van der Waals surface area (Å²) in [6.07, 6.45) is 2.75. The van der Waals surface area contributed by atoms with Crippen molar-refractivity contribution in [1.29, 1.82) is 0 Å². The first-order chi connectivity index (χ1) is 13.5. The van der Waals surface area contributed by atoms with E-state index in [2.05, 4.69) is 26.8 Å². The van der Waals surface area contributed by atoms with Crippen LogP contribution in [-0.4, -0.2) is 33.9 Å². The predicted molar refractivity (Wildman–Crippen MR) is 103 cm³/mol. The predicted octanol–water partition coefficient (Wildman–Crippen LogP) is 3.69. The molecule has 0 bridgehead atoms. The van der Waals surface area contributed by atoms with Gasteiger partial charge in [0.15, 0.2) is 5.54 Å². The van der Waals surface area contributed by atoms with Gasteiger partial charge in [0.1, 0.15) is 23.9 Å². The van der Waals surface area contributed by atoms with E-state index in [-0.39, 0.29) is 29.4 Å². The van der Waals surface area contributed by atoms with E-state index in [9.17, 15) is 4.39 Å². The number of nitrogens with zero attached hydrogens (tertiary/aromatic N) is 3. The maximum Gasteiger partial charge on any atom is 0.304 e. The van der Waals surface area contributed by atoms with Gasteiger partial charge in [-0.3, -0.25) is 4.99 Å². The Morgan fingerprint density at radius 2 is 1.79 bits per heavy atom. The molecule has 2 N–H and O–H groups in total. The summed E-state index contributed by atoms with van der Waals surface area (Å²) >= 11 is 5.72. The summed E-state index contributed by atoms with van der Waals surface area (Å²) in [5, 5.41) is 0.350. The summed E-state index contributed by atoms with van der Waals surface area (Å²) in [4.78, 5) is 11.8. The number of aromatic nitrogens is 2. The number of rotatable bonds is 1. The van der Waals surface area contributed by atoms with Crippen LogP contribution in [0.4, 0.5) is 13.2 Å². The maximum absolute atomic E-state index is 15.4. The molecule has 0 saturated heterocycles. The Morgan fingerprint density at radius 1 is 1.14 bits per heavy atom. The van der Waals surface area contributed by atoms with Crippen LogP contribution >= 0.6 is 11.6 Å². The van der Waals surface area contributed by atoms with Crippen molar-refractivity contribution in [2.75, 3.05) is 6.61 Å². The number of hydrogen-bond donors (Lipinski definition) is 1. The minimum atomic E-state index is -3.58. The summed E-state index contributed by atoms with van der Waals surface area (Å²) in [5.74, 6) is 1.03. The quantitative estimate of drug-likeness (QED) is 0.711. The number of ether oxygens (including phenoxy) is 1. The molecule has 29 heavy (non-hydrogen) atoms. The Morgan fingerprint density at radius 3 is 2.45 bits per heavy atom. The van der Waals surface area contributed by atoms with Crippen molar-refractivity contribution < 1.29 is 17.9 Å². The van der Waals surface area contributed by atoms with Gasteiger partial charge in [0.2, 0.25) is 5.82 Å². The second-order valence-electron chi connectivity index (χ2n) is 7.22. The van der Waals surface area contributed by atoms with Crippen LogP contribution in [0, 0.1) is 17.7 Å². The molecule has 0 saturated carbocycles. The first-order valence-electron chi connectivity index (χ1n) is 8.62. The number of hydrogen-bond acceptors (Lipinski definition) is 5. The standard InChI is InChI=1S/C20H18ClF3N4O/c1-18(2)20(23,24)19(3,28-16(25)11-29-18)14-8-12(4-6-15(14)22)5-7-17-26-9-13(21)10-27-17/h4,6,8-10H,11H2,1-3H3,(H2,25,28)/t19-/m1/s1. The zero-order chi connectivity index (χ0) is 21.4. The van der Waals surface area contributed by atoms with Crippen LogP contribution in [0.1, 0.15) is 37.7 Å². The van der Waals surface area contributed by atoms with Crippen LogP contribution in [0.2, 0.25) is 5.02 Å². The summed E-state index contributed by atoms with van der Waals surface area (Å²) in [5.41, 5.74) is 1.46. The molecule has 1 aliphatic heterocycles. The van der Waals surface area contributed by atoms with Crippen LogP contribution < -0.4 is 5.73 Å². The minimum absolute atomic E-state index is 0.150. The van der Waals surface area contributed by atoms with Crippen molar-refractivity contribution in [3.8, 4) is 11.8 Å². The lowest BCUT2D eigenvalue weighted by Gasteiger charge is -2.41. The van der Waals surface area contributed by atoms with E-state index in [4.69, 9.17) is 22.1 Å². The van der Waals surface area contributed by atoms with E-state index in [1.807, 2.05) is 0 Å². The van der Waals surface area contributed by atoms with Crippen molar-refractivity contribution in [2.45, 2.75) is 37.8 Å². The van der Waals surface area contributed by atoms with Crippen LogP contribution in [0.25, 0.3) is 0 Å². The van der Waals surface area contributed by atoms with Crippen LogP contribution in [0.15, 0.2) is 35.6 Å². The van der Waals surface area contributed by atoms with Gasteiger partial charge in [0, 0.05) is 11.1 Å². The third-order valence-corrected chi connectivity index (χ3v) is 4.94. The molecule has 0 unspecified atom stereocenters. The van der Waals surface area contributed by atoms with Gasteiger partial charge in [0.25, 0.3) is 0 Å². The van der Waals surface area contributed by atoms with Gasteiger partial charge in [0.05, 0.1) is 17.4 Å². The zero-order valence-corrected chi connectivity index (χ0v) is 16.7. The number of amidine groups is 1. The Hall–Kier alpha value is -2.63. The fourth-order valence-corrected chi connectivity index (χ4v) is 3.13. The summed E-state index contributed by atoms with van der Waals surface area (Å²) < 4.78 is 50.8. The van der Waals surface area contributed by atoms with E-state index in [0.29, 0.717) is 5.02 Å². The van der Waals surface area contributed by atoms with Gasteiger partial charge >= 0.3 is 5.92 Å². The summed E-state index contributed by atoms with van der Waals surface area (Å²) in [7, 11) is 0. The van der Waals surface area contributed by atoms with Gasteiger partial charge in [-0.05, 0) is 44.9 Å². The molecule has 1 aromatic heterocycles. The first kappa shape index (κ1) is 21.1. The third-order valence-electron chi connectivity index (χ3n) is 4.75. The van der Waals surface area contributed by atoms with Gasteiger partial charge in [-0.2, -0.15) is 0 Å². The molecule has 1 aliphatic rings. The smallest absolute Gasteiger partial charge is 0.304 e. The number of nitrogens with two attached hydrogens (primary N) is 1. The number of halogens is 4. The summed E-state index contributed by atoms with van der Waals surface area (Å²) in [6, 6.07) is 3.66. The second-order valence-corrected chi connectivity index (χ2v) is 7.65. The van der Waals surface area contributed by atoms with E-state index in [1.165, 1.54) is 38.4 Å². The number of alkyl halides is 2. The number of benzene rings is 1. The van der Waals surface area contributed by atoms with Crippen LogP contribution in [0.3, 0.4) is 0 Å². The molecule has 3 rings (SSSR count). The molecular weight excluding hydrogens is 405 g/mol. The Bertz CT molecular complexity index is 1030. The average Bonchev–Trinajstić information content (AvgIpc) is 2.71. The van der Waals surface area contributed by atoms with E-state index >= 15 is 8.78 Å². The average molecular weight is 423 g/mol. The van der Waals surface area contributed by atoms with Crippen molar-refractivity contribution in [3.63, 3.8) is 0 Å². The molecular formula is C20H18ClF3N4O. The minimum Gasteiger partial charge on any atom is -0.385 e. The molecule has 9 heteroatoms. The van der Waals surface area contributed by atoms with Crippen molar-refractivity contribution >= 4 is 17.4 Å². The largest absolute Gasteiger partial charge is 0.385 e. The Labute approximate surface area is 171 Å². The van der Waals surface area contributed by atoms with Crippen molar-refractivity contribution in [1.82, 2.24) is 9.97 Å². The maximum atomic E-state index is 15.4. The lowest BCUT2D eigenvalue weighted by molar-refractivity contribution is -0.214. The molecule has 0 amide bonds. The van der Waals surface area contributed by atoms with Crippen molar-refractivity contribution in [2.24, 2.45) is 10.7 Å². The molecule has 0 aliphatic carbocycles. The van der Waals surface area contributed by atoms with Gasteiger partial charge in [-0.1, -0.05) is 17.5 Å². The monoisotopic (exact) mass is 422 g/mol. The van der Waals surface area contributed by atoms with Gasteiger partial charge < -0.3 is 10.5 Å². The van der Waals surface area contributed by atoms with E-state index in [0.717, 1.165) is 13.0 Å². The first-order valence-corrected chi connectivity index (χ1v) is 9.00. The molecule has 0 spiro atoms. The van der Waals surface area contributed by atoms with Crippen molar-refractivity contribution in [3.05, 3.63) is 58.4 Å². The SMILES string of the molecule is CC1(C)OCC(N)=N[C@](C)(c2cc(C#Cc3ncc(Cl)cn3)ccc2F)C1(F)F. The highest BCUT2D eigenvalue weighted by molar-refractivity contribution is 6.30. The fraction of sp³-hybridized carbons (Fsp3) is 0.350. The molecule has 1 aromatic carbocycles. The topological polar surface area (TPSA) is 73.4 Å². The lowest BCUT2D eigenvalue weighted by Crippen LogP contribution is -2.56. The van der Waals surface area contributed by atoms with E-state index < -0.39 is 22.9 Å². The van der Waals surface area contributed by atoms with E-state index in [1.54, 1.807) is 0 Å². The van der Waals surface area contributed by atoms with Gasteiger partial charge in [-0.15, -0.1) is 0 Å². The molecule has 5 nitrogen and oxygen atoms in total. The Kier molecular flexibility index (Phi) is 5.32. The third kappa shape index (κ3) is 3.80. The second kappa shape index (κ2) is 7.32.